The lowest BCUT2D eigenvalue weighted by Crippen LogP contribution is -2.51. The van der Waals surface area contributed by atoms with Crippen molar-refractivity contribution in [2.24, 2.45) is 0 Å². The molecule has 1 atom stereocenters. The molecule has 36 heavy (non-hydrogen) atoms. The number of nitrogens with zero attached hydrogens (tertiary/aromatic N) is 1. The van der Waals surface area contributed by atoms with Gasteiger partial charge in [-0.05, 0) is 47.9 Å². The number of carbonyl (C=O) groups excluding carboxylic acids is 2. The Kier molecular flexibility index (Phi) is 10.9. The summed E-state index contributed by atoms with van der Waals surface area (Å²) in [6, 6.07) is 19.0. The van der Waals surface area contributed by atoms with Crippen LogP contribution in [0.2, 0.25) is 15.1 Å². The van der Waals surface area contributed by atoms with Gasteiger partial charge in [0.15, 0.2) is 6.61 Å². The van der Waals surface area contributed by atoms with Gasteiger partial charge in [-0.2, -0.15) is 0 Å². The predicted molar refractivity (Wildman–Crippen MR) is 149 cm³/mol. The minimum atomic E-state index is -0.790. The van der Waals surface area contributed by atoms with Crippen LogP contribution in [0.1, 0.15) is 24.5 Å². The number of nitrogens with one attached hydrogen (secondary N) is 1. The maximum absolute atomic E-state index is 13.6. The van der Waals surface area contributed by atoms with Crippen LogP contribution < -0.4 is 10.1 Å². The van der Waals surface area contributed by atoms with Gasteiger partial charge in [0.05, 0.1) is 5.02 Å². The third-order valence-corrected chi connectivity index (χ3v) is 6.80. The van der Waals surface area contributed by atoms with Gasteiger partial charge in [0.2, 0.25) is 5.91 Å². The van der Waals surface area contributed by atoms with Crippen LogP contribution in [-0.2, 0) is 22.6 Å². The van der Waals surface area contributed by atoms with E-state index in [2.05, 4.69) is 21.2 Å². The Bertz CT molecular complexity index is 1190. The van der Waals surface area contributed by atoms with Crippen LogP contribution in [0.4, 0.5) is 0 Å². The lowest BCUT2D eigenvalue weighted by Gasteiger charge is -2.31. The Morgan fingerprint density at radius 3 is 2.42 bits per heavy atom. The van der Waals surface area contributed by atoms with Gasteiger partial charge in [-0.15, -0.1) is 0 Å². The van der Waals surface area contributed by atoms with Crippen molar-refractivity contribution in [1.82, 2.24) is 10.2 Å². The molecule has 3 aromatic rings. The van der Waals surface area contributed by atoms with Crippen molar-refractivity contribution >= 4 is 62.5 Å². The summed E-state index contributed by atoms with van der Waals surface area (Å²) in [6.45, 7) is 2.26. The monoisotopic (exact) mass is 610 g/mol. The molecule has 190 valence electrons. The van der Waals surface area contributed by atoms with E-state index in [4.69, 9.17) is 39.5 Å². The molecule has 0 aliphatic rings. The first-order chi connectivity index (χ1) is 17.3. The van der Waals surface area contributed by atoms with Crippen LogP contribution in [0.15, 0.2) is 71.2 Å². The fourth-order valence-corrected chi connectivity index (χ4v) is 4.76. The van der Waals surface area contributed by atoms with Crippen molar-refractivity contribution in [3.05, 3.63) is 97.4 Å². The highest BCUT2D eigenvalue weighted by molar-refractivity contribution is 9.10. The van der Waals surface area contributed by atoms with Gasteiger partial charge in [0, 0.05) is 34.0 Å². The highest BCUT2D eigenvalue weighted by Crippen LogP contribution is 2.28. The fraction of sp³-hybridized carbons (Fsp3) is 0.259. The molecule has 0 saturated heterocycles. The van der Waals surface area contributed by atoms with E-state index in [9.17, 15) is 9.59 Å². The van der Waals surface area contributed by atoms with E-state index in [1.807, 2.05) is 37.3 Å². The quantitative estimate of drug-likeness (QED) is 0.255. The summed E-state index contributed by atoms with van der Waals surface area (Å²) in [6.07, 6.45) is 1.10. The van der Waals surface area contributed by atoms with Gasteiger partial charge in [-0.25, -0.2) is 0 Å². The summed E-state index contributed by atoms with van der Waals surface area (Å²) in [7, 11) is 0. The standard InChI is InChI=1S/C27H26BrCl3N2O3/c1-2-12-32-27(35)24(13-18-6-4-3-5-7-18)33(16-19-8-10-21(29)15-22(19)30)26(34)17-36-25-11-9-20(28)14-23(25)31/h3-11,14-15,24H,2,12-13,16-17H2,1H3,(H,32,35)/t24-/m0/s1. The van der Waals surface area contributed by atoms with E-state index in [1.165, 1.54) is 4.90 Å². The predicted octanol–water partition coefficient (Wildman–Crippen LogP) is 6.95. The van der Waals surface area contributed by atoms with E-state index in [0.29, 0.717) is 39.3 Å². The Hall–Kier alpha value is -2.25. The van der Waals surface area contributed by atoms with Crippen LogP contribution in [0.3, 0.4) is 0 Å². The van der Waals surface area contributed by atoms with Crippen molar-refractivity contribution in [3.63, 3.8) is 0 Å². The van der Waals surface area contributed by atoms with Gasteiger partial charge in [-0.3, -0.25) is 9.59 Å². The molecule has 0 heterocycles. The molecule has 9 heteroatoms. The molecule has 5 nitrogen and oxygen atoms in total. The molecule has 0 saturated carbocycles. The SMILES string of the molecule is CCCNC(=O)[C@H](Cc1ccccc1)N(Cc1ccc(Cl)cc1Cl)C(=O)COc1ccc(Br)cc1Cl. The number of rotatable bonds is 11. The molecule has 0 aliphatic carbocycles. The van der Waals surface area contributed by atoms with Gasteiger partial charge < -0.3 is 15.0 Å². The summed E-state index contributed by atoms with van der Waals surface area (Å²) in [4.78, 5) is 28.4. The van der Waals surface area contributed by atoms with Crippen molar-refractivity contribution in [1.29, 1.82) is 0 Å². The van der Waals surface area contributed by atoms with Crippen molar-refractivity contribution < 1.29 is 14.3 Å². The molecule has 0 aromatic heterocycles. The van der Waals surface area contributed by atoms with Crippen molar-refractivity contribution in [2.45, 2.75) is 32.4 Å². The van der Waals surface area contributed by atoms with E-state index in [0.717, 1.165) is 16.5 Å². The van der Waals surface area contributed by atoms with E-state index < -0.39 is 6.04 Å². The second-order valence-corrected chi connectivity index (χ2v) is 10.3. The highest BCUT2D eigenvalue weighted by Gasteiger charge is 2.31. The first kappa shape index (κ1) is 28.3. The van der Waals surface area contributed by atoms with Gasteiger partial charge in [0.1, 0.15) is 11.8 Å². The number of halogens is 4. The van der Waals surface area contributed by atoms with Crippen molar-refractivity contribution in [3.8, 4) is 5.75 Å². The lowest BCUT2D eigenvalue weighted by atomic mass is 10.0. The molecule has 3 aromatic carbocycles. The van der Waals surface area contributed by atoms with Crippen LogP contribution in [0.25, 0.3) is 0 Å². The van der Waals surface area contributed by atoms with Crippen LogP contribution in [0, 0.1) is 0 Å². The Morgan fingerprint density at radius 1 is 1.00 bits per heavy atom. The molecule has 0 unspecified atom stereocenters. The van der Waals surface area contributed by atoms with Crippen molar-refractivity contribution in [2.75, 3.05) is 13.2 Å². The Labute approximate surface area is 234 Å². The molecular formula is C27H26BrCl3N2O3. The molecule has 0 spiro atoms. The highest BCUT2D eigenvalue weighted by atomic mass is 79.9. The zero-order chi connectivity index (χ0) is 26.1. The van der Waals surface area contributed by atoms with Gasteiger partial charge in [0.25, 0.3) is 5.91 Å². The van der Waals surface area contributed by atoms with Gasteiger partial charge >= 0.3 is 0 Å². The number of ether oxygens (including phenoxy) is 1. The van der Waals surface area contributed by atoms with E-state index in [1.54, 1.807) is 36.4 Å². The average Bonchev–Trinajstić information content (AvgIpc) is 2.85. The molecule has 2 amide bonds. The summed E-state index contributed by atoms with van der Waals surface area (Å²) in [5, 5.41) is 4.19. The number of benzene rings is 3. The zero-order valence-corrected chi connectivity index (χ0v) is 23.5. The minimum Gasteiger partial charge on any atom is -0.482 e. The second kappa shape index (κ2) is 13.9. The molecule has 0 aliphatic heterocycles. The summed E-state index contributed by atoms with van der Waals surface area (Å²) in [5.41, 5.74) is 1.59. The van der Waals surface area contributed by atoms with Crippen LogP contribution in [0.5, 0.6) is 5.75 Å². The number of hydrogen-bond acceptors (Lipinski definition) is 3. The third-order valence-electron chi connectivity index (χ3n) is 5.42. The van der Waals surface area contributed by atoms with Crippen LogP contribution in [-0.4, -0.2) is 35.9 Å². The molecular weight excluding hydrogens is 587 g/mol. The molecule has 3 rings (SSSR count). The average molecular weight is 613 g/mol. The van der Waals surface area contributed by atoms with Crippen LogP contribution >= 0.6 is 50.7 Å². The lowest BCUT2D eigenvalue weighted by molar-refractivity contribution is -0.142. The smallest absolute Gasteiger partial charge is 0.261 e. The van der Waals surface area contributed by atoms with E-state index >= 15 is 0 Å². The summed E-state index contributed by atoms with van der Waals surface area (Å²) >= 11 is 22.1. The van der Waals surface area contributed by atoms with Gasteiger partial charge in [-0.1, -0.05) is 94.1 Å². The Morgan fingerprint density at radius 2 is 1.75 bits per heavy atom. The summed E-state index contributed by atoms with van der Waals surface area (Å²) in [5.74, 6) is -0.263. The largest absolute Gasteiger partial charge is 0.482 e. The first-order valence-electron chi connectivity index (χ1n) is 11.4. The molecule has 0 fully saturated rings. The number of carbonyl (C=O) groups is 2. The number of amides is 2. The Balaban J connectivity index is 1.93. The third kappa shape index (κ3) is 8.13. The number of hydrogen-bond donors (Lipinski definition) is 1. The maximum Gasteiger partial charge on any atom is 0.261 e. The second-order valence-electron chi connectivity index (χ2n) is 8.12. The van der Waals surface area contributed by atoms with E-state index in [-0.39, 0.29) is 25.0 Å². The molecule has 0 radical (unpaired) electrons. The molecule has 0 bridgehead atoms. The zero-order valence-electron chi connectivity index (χ0n) is 19.6. The first-order valence-corrected chi connectivity index (χ1v) is 13.3. The normalized spacial score (nSPS) is 11.6. The molecule has 1 N–H and O–H groups in total. The minimum absolute atomic E-state index is 0.101. The topological polar surface area (TPSA) is 58.6 Å². The summed E-state index contributed by atoms with van der Waals surface area (Å²) < 4.78 is 6.55. The fourth-order valence-electron chi connectivity index (χ4n) is 3.57. The maximum atomic E-state index is 13.6.